The summed E-state index contributed by atoms with van der Waals surface area (Å²) in [5, 5.41) is 3.82. The molecule has 1 saturated heterocycles. The fourth-order valence-corrected chi connectivity index (χ4v) is 3.50. The van der Waals surface area contributed by atoms with Crippen LogP contribution in [0.3, 0.4) is 0 Å². The summed E-state index contributed by atoms with van der Waals surface area (Å²) in [7, 11) is 0. The highest BCUT2D eigenvalue weighted by Crippen LogP contribution is 2.35. The smallest absolute Gasteiger partial charge is 0.0247 e. The molecule has 1 saturated carbocycles. The van der Waals surface area contributed by atoms with Gasteiger partial charge in [-0.05, 0) is 50.4 Å². The number of nitrogens with zero attached hydrogens (tertiary/aromatic N) is 1. The van der Waals surface area contributed by atoms with Gasteiger partial charge < -0.3 is 5.32 Å². The Morgan fingerprint density at radius 2 is 1.74 bits per heavy atom. The lowest BCUT2D eigenvalue weighted by atomic mass is 9.93. The van der Waals surface area contributed by atoms with Crippen LogP contribution in [-0.2, 0) is 0 Å². The fraction of sp³-hybridized carbons (Fsp3) is 1.00. The summed E-state index contributed by atoms with van der Waals surface area (Å²) in [6, 6.07) is 2.26. The van der Waals surface area contributed by atoms with Crippen LogP contribution in [0.25, 0.3) is 0 Å². The molecular weight excluding hydrogens is 232 g/mol. The average Bonchev–Trinajstić information content (AvgIpc) is 3.19. The van der Waals surface area contributed by atoms with Crippen molar-refractivity contribution >= 4 is 0 Å². The van der Waals surface area contributed by atoms with E-state index in [-0.39, 0.29) is 0 Å². The topological polar surface area (TPSA) is 15.3 Å². The summed E-state index contributed by atoms with van der Waals surface area (Å²) in [6.45, 7) is 14.4. The molecule has 2 fully saturated rings. The maximum atomic E-state index is 3.82. The van der Waals surface area contributed by atoms with Crippen LogP contribution in [0.2, 0.25) is 0 Å². The van der Waals surface area contributed by atoms with Gasteiger partial charge in [0.2, 0.25) is 0 Å². The van der Waals surface area contributed by atoms with Gasteiger partial charge >= 0.3 is 0 Å². The van der Waals surface area contributed by atoms with Gasteiger partial charge in [0, 0.05) is 31.2 Å². The van der Waals surface area contributed by atoms with Gasteiger partial charge in [0.15, 0.2) is 0 Å². The Kier molecular flexibility index (Phi) is 5.30. The van der Waals surface area contributed by atoms with E-state index >= 15 is 0 Å². The van der Waals surface area contributed by atoms with Gasteiger partial charge in [-0.3, -0.25) is 4.90 Å². The number of piperazine rings is 1. The molecule has 0 aromatic heterocycles. The molecule has 1 heterocycles. The van der Waals surface area contributed by atoms with E-state index < -0.39 is 0 Å². The van der Waals surface area contributed by atoms with Crippen molar-refractivity contribution in [1.82, 2.24) is 10.2 Å². The lowest BCUT2D eigenvalue weighted by Gasteiger charge is -2.46. The van der Waals surface area contributed by atoms with Crippen LogP contribution in [-0.4, -0.2) is 36.1 Å². The SMILES string of the molecule is CC(C)CCC(C)N1CC(C2CC2)NCC1C(C)C. The van der Waals surface area contributed by atoms with Gasteiger partial charge in [-0.1, -0.05) is 27.7 Å². The third kappa shape index (κ3) is 4.19. The predicted octanol–water partition coefficient (Wildman–Crippen LogP) is 3.52. The van der Waals surface area contributed by atoms with Gasteiger partial charge in [-0.2, -0.15) is 0 Å². The van der Waals surface area contributed by atoms with Crippen molar-refractivity contribution in [3.05, 3.63) is 0 Å². The van der Waals surface area contributed by atoms with Crippen molar-refractivity contribution in [3.63, 3.8) is 0 Å². The molecule has 3 atom stereocenters. The van der Waals surface area contributed by atoms with Crippen molar-refractivity contribution in [2.24, 2.45) is 17.8 Å². The lowest BCUT2D eigenvalue weighted by molar-refractivity contribution is 0.0520. The molecule has 0 amide bonds. The first kappa shape index (κ1) is 15.3. The Labute approximate surface area is 120 Å². The molecule has 0 aromatic rings. The minimum Gasteiger partial charge on any atom is -0.311 e. The van der Waals surface area contributed by atoms with Gasteiger partial charge in [0.1, 0.15) is 0 Å². The standard InChI is InChI=1S/C17H34N2/c1-12(2)6-7-14(5)19-11-16(15-8-9-15)18-10-17(19)13(3)4/h12-18H,6-11H2,1-5H3. The molecule has 112 valence electrons. The minimum absolute atomic E-state index is 0.733. The number of hydrogen-bond donors (Lipinski definition) is 1. The van der Waals surface area contributed by atoms with Crippen molar-refractivity contribution in [2.45, 2.75) is 78.4 Å². The second-order valence-corrected chi connectivity index (χ2v) is 7.68. The van der Waals surface area contributed by atoms with Gasteiger partial charge in [0.25, 0.3) is 0 Å². The molecule has 0 spiro atoms. The van der Waals surface area contributed by atoms with Crippen LogP contribution in [0, 0.1) is 17.8 Å². The van der Waals surface area contributed by atoms with E-state index in [1.165, 1.54) is 38.8 Å². The zero-order chi connectivity index (χ0) is 14.0. The molecule has 0 bridgehead atoms. The first-order valence-corrected chi connectivity index (χ1v) is 8.48. The monoisotopic (exact) mass is 266 g/mol. The van der Waals surface area contributed by atoms with Crippen molar-refractivity contribution in [3.8, 4) is 0 Å². The lowest BCUT2D eigenvalue weighted by Crippen LogP contribution is -2.61. The van der Waals surface area contributed by atoms with E-state index in [1.54, 1.807) is 0 Å². The molecular formula is C17H34N2. The van der Waals surface area contributed by atoms with E-state index in [0.717, 1.165) is 35.9 Å². The summed E-state index contributed by atoms with van der Waals surface area (Å²) < 4.78 is 0. The van der Waals surface area contributed by atoms with Crippen LogP contribution in [0.4, 0.5) is 0 Å². The van der Waals surface area contributed by atoms with Gasteiger partial charge in [-0.15, -0.1) is 0 Å². The van der Waals surface area contributed by atoms with E-state index in [9.17, 15) is 0 Å². The molecule has 3 unspecified atom stereocenters. The van der Waals surface area contributed by atoms with Crippen molar-refractivity contribution < 1.29 is 0 Å². The Hall–Kier alpha value is -0.0800. The van der Waals surface area contributed by atoms with Crippen molar-refractivity contribution in [2.75, 3.05) is 13.1 Å². The molecule has 2 aliphatic rings. The Morgan fingerprint density at radius 3 is 2.26 bits per heavy atom. The first-order valence-electron chi connectivity index (χ1n) is 8.48. The van der Waals surface area contributed by atoms with Crippen LogP contribution in [0.5, 0.6) is 0 Å². The van der Waals surface area contributed by atoms with Crippen LogP contribution < -0.4 is 5.32 Å². The fourth-order valence-electron chi connectivity index (χ4n) is 3.50. The second kappa shape index (κ2) is 6.58. The molecule has 1 aliphatic carbocycles. The van der Waals surface area contributed by atoms with E-state index in [2.05, 4.69) is 44.8 Å². The van der Waals surface area contributed by atoms with E-state index in [0.29, 0.717) is 0 Å². The van der Waals surface area contributed by atoms with E-state index in [1.807, 2.05) is 0 Å². The minimum atomic E-state index is 0.733. The molecule has 2 heteroatoms. The summed E-state index contributed by atoms with van der Waals surface area (Å²) in [5.41, 5.74) is 0. The molecule has 1 aliphatic heterocycles. The largest absolute Gasteiger partial charge is 0.311 e. The van der Waals surface area contributed by atoms with E-state index in [4.69, 9.17) is 0 Å². The molecule has 19 heavy (non-hydrogen) atoms. The Balaban J connectivity index is 1.93. The molecule has 2 rings (SSSR count). The average molecular weight is 266 g/mol. The van der Waals surface area contributed by atoms with Gasteiger partial charge in [-0.25, -0.2) is 0 Å². The number of rotatable bonds is 6. The normalized spacial score (nSPS) is 31.1. The molecule has 2 nitrogen and oxygen atoms in total. The first-order chi connectivity index (χ1) is 8.99. The van der Waals surface area contributed by atoms with Crippen LogP contribution >= 0.6 is 0 Å². The zero-order valence-corrected chi connectivity index (χ0v) is 13.7. The molecule has 0 aromatic carbocycles. The summed E-state index contributed by atoms with van der Waals surface area (Å²) in [5.74, 6) is 2.57. The van der Waals surface area contributed by atoms with Crippen LogP contribution in [0.1, 0.15) is 60.3 Å². The second-order valence-electron chi connectivity index (χ2n) is 7.68. The molecule has 1 N–H and O–H groups in total. The Bertz CT molecular complexity index is 270. The quantitative estimate of drug-likeness (QED) is 0.791. The summed E-state index contributed by atoms with van der Waals surface area (Å²) >= 11 is 0. The predicted molar refractivity (Wildman–Crippen MR) is 83.4 cm³/mol. The maximum absolute atomic E-state index is 3.82. The maximum Gasteiger partial charge on any atom is 0.0247 e. The highest BCUT2D eigenvalue weighted by molar-refractivity contribution is 4.96. The third-order valence-corrected chi connectivity index (χ3v) is 5.11. The number of nitrogens with one attached hydrogen (secondary N) is 1. The van der Waals surface area contributed by atoms with Crippen LogP contribution in [0.15, 0.2) is 0 Å². The van der Waals surface area contributed by atoms with Gasteiger partial charge in [0.05, 0.1) is 0 Å². The Morgan fingerprint density at radius 1 is 1.05 bits per heavy atom. The molecule has 0 radical (unpaired) electrons. The zero-order valence-electron chi connectivity index (χ0n) is 13.7. The third-order valence-electron chi connectivity index (χ3n) is 5.11. The van der Waals surface area contributed by atoms with Crippen molar-refractivity contribution in [1.29, 1.82) is 0 Å². The summed E-state index contributed by atoms with van der Waals surface area (Å²) in [4.78, 5) is 2.83. The summed E-state index contributed by atoms with van der Waals surface area (Å²) in [6.07, 6.45) is 5.64. The highest BCUT2D eigenvalue weighted by Gasteiger charge is 2.39. The highest BCUT2D eigenvalue weighted by atomic mass is 15.3. The number of hydrogen-bond acceptors (Lipinski definition) is 2.